The third-order valence-corrected chi connectivity index (χ3v) is 3.73. The maximum absolute atomic E-state index is 12.7. The lowest BCUT2D eigenvalue weighted by molar-refractivity contribution is -0.116. The van der Waals surface area contributed by atoms with Crippen LogP contribution in [0.2, 0.25) is 0 Å². The van der Waals surface area contributed by atoms with E-state index >= 15 is 0 Å². The summed E-state index contributed by atoms with van der Waals surface area (Å²) in [7, 11) is 0. The molecule has 1 aromatic carbocycles. The summed E-state index contributed by atoms with van der Waals surface area (Å²) >= 11 is 0. The Hall–Kier alpha value is -3.09. The third-order valence-electron chi connectivity index (χ3n) is 3.73. The van der Waals surface area contributed by atoms with Gasteiger partial charge in [-0.25, -0.2) is 0 Å². The van der Waals surface area contributed by atoms with Crippen molar-refractivity contribution in [3.05, 3.63) is 54.3 Å². The van der Waals surface area contributed by atoms with Crippen LogP contribution >= 0.6 is 0 Å². The molecule has 2 amide bonds. The highest BCUT2D eigenvalue weighted by molar-refractivity contribution is 5.99. The van der Waals surface area contributed by atoms with Crippen molar-refractivity contribution in [1.82, 2.24) is 10.1 Å². The van der Waals surface area contributed by atoms with Crippen molar-refractivity contribution in [3.8, 4) is 5.75 Å². The van der Waals surface area contributed by atoms with E-state index in [-0.39, 0.29) is 24.9 Å². The van der Waals surface area contributed by atoms with Crippen molar-refractivity contribution >= 4 is 17.6 Å². The van der Waals surface area contributed by atoms with Gasteiger partial charge in [0.15, 0.2) is 5.82 Å². The van der Waals surface area contributed by atoms with E-state index in [0.29, 0.717) is 23.7 Å². The molecule has 1 heterocycles. The number of hydrogen-bond donors (Lipinski definition) is 1. The second-order valence-corrected chi connectivity index (χ2v) is 6.07. The highest BCUT2D eigenvalue weighted by Gasteiger charge is 2.18. The molecule has 0 unspecified atom stereocenters. The lowest BCUT2D eigenvalue weighted by Crippen LogP contribution is -2.38. The summed E-state index contributed by atoms with van der Waals surface area (Å²) in [6, 6.07) is 8.51. The number of aromatic nitrogens is 1. The average Bonchev–Trinajstić information content (AvgIpc) is 3.06. The fourth-order valence-electron chi connectivity index (χ4n) is 2.37. The van der Waals surface area contributed by atoms with E-state index in [1.807, 2.05) is 0 Å². The summed E-state index contributed by atoms with van der Waals surface area (Å²) in [4.78, 5) is 26.3. The molecule has 144 valence electrons. The van der Waals surface area contributed by atoms with Gasteiger partial charge in [-0.15, -0.1) is 6.58 Å². The summed E-state index contributed by atoms with van der Waals surface area (Å²) < 4.78 is 10.5. The first kappa shape index (κ1) is 20.2. The van der Waals surface area contributed by atoms with Gasteiger partial charge in [-0.3, -0.25) is 9.59 Å². The van der Waals surface area contributed by atoms with E-state index < -0.39 is 0 Å². The Labute approximate surface area is 159 Å². The molecule has 2 rings (SSSR count). The molecule has 0 bridgehead atoms. The molecule has 0 fully saturated rings. The Morgan fingerprint density at radius 2 is 2.07 bits per heavy atom. The van der Waals surface area contributed by atoms with Crippen molar-refractivity contribution in [2.45, 2.75) is 26.7 Å². The average molecular weight is 371 g/mol. The maximum atomic E-state index is 12.7. The smallest absolute Gasteiger partial charge is 0.254 e. The molecule has 0 saturated heterocycles. The lowest BCUT2D eigenvalue weighted by atomic mass is 10.2. The van der Waals surface area contributed by atoms with Gasteiger partial charge in [0.2, 0.25) is 5.91 Å². The minimum atomic E-state index is -0.363. The number of ether oxygens (including phenoxy) is 1. The monoisotopic (exact) mass is 371 g/mol. The SMILES string of the molecule is C=CCN(CC(=O)Nc1cc(C)on1)C(=O)c1ccc(OCCCC)cc1. The Balaban J connectivity index is 1.98. The lowest BCUT2D eigenvalue weighted by Gasteiger charge is -2.20. The van der Waals surface area contributed by atoms with Gasteiger partial charge in [0.1, 0.15) is 18.1 Å². The van der Waals surface area contributed by atoms with Crippen molar-refractivity contribution in [1.29, 1.82) is 0 Å². The molecular formula is C20H25N3O4. The topological polar surface area (TPSA) is 84.7 Å². The van der Waals surface area contributed by atoms with Crippen LogP contribution in [0, 0.1) is 6.92 Å². The number of aryl methyl sites for hydroxylation is 1. The fourth-order valence-corrected chi connectivity index (χ4v) is 2.37. The van der Waals surface area contributed by atoms with Crippen LogP contribution in [0.5, 0.6) is 5.75 Å². The number of anilines is 1. The summed E-state index contributed by atoms with van der Waals surface area (Å²) in [5.74, 6) is 0.997. The molecule has 0 saturated carbocycles. The van der Waals surface area contributed by atoms with Crippen LogP contribution in [-0.4, -0.2) is 41.6 Å². The van der Waals surface area contributed by atoms with Crippen LogP contribution in [0.3, 0.4) is 0 Å². The normalized spacial score (nSPS) is 10.3. The predicted molar refractivity (Wildman–Crippen MR) is 103 cm³/mol. The summed E-state index contributed by atoms with van der Waals surface area (Å²) in [6.45, 7) is 8.25. The van der Waals surface area contributed by atoms with Crippen LogP contribution in [0.4, 0.5) is 5.82 Å². The standard InChI is InChI=1S/C20H25N3O4/c1-4-6-12-26-17-9-7-16(8-10-17)20(25)23(11-5-2)14-19(24)21-18-13-15(3)27-22-18/h5,7-10,13H,2,4,6,11-12,14H2,1,3H3,(H,21,22,24). The van der Waals surface area contributed by atoms with Crippen LogP contribution in [0.1, 0.15) is 35.9 Å². The van der Waals surface area contributed by atoms with Gasteiger partial charge in [0.05, 0.1) is 6.61 Å². The van der Waals surface area contributed by atoms with Gasteiger partial charge in [-0.1, -0.05) is 24.6 Å². The Kier molecular flexibility index (Phi) is 7.61. The molecule has 0 aliphatic rings. The molecule has 0 aliphatic heterocycles. The molecule has 1 aromatic heterocycles. The van der Waals surface area contributed by atoms with E-state index in [1.54, 1.807) is 43.3 Å². The third kappa shape index (κ3) is 6.29. The maximum Gasteiger partial charge on any atom is 0.254 e. The number of amides is 2. The Morgan fingerprint density at radius 1 is 1.33 bits per heavy atom. The quantitative estimate of drug-likeness (QED) is 0.511. The van der Waals surface area contributed by atoms with Crippen molar-refractivity contribution < 1.29 is 18.8 Å². The molecule has 7 heteroatoms. The molecule has 0 spiro atoms. The van der Waals surface area contributed by atoms with E-state index in [2.05, 4.69) is 24.0 Å². The number of nitrogens with one attached hydrogen (secondary N) is 1. The molecular weight excluding hydrogens is 346 g/mol. The second-order valence-electron chi connectivity index (χ2n) is 6.07. The molecule has 0 radical (unpaired) electrons. The van der Waals surface area contributed by atoms with Gasteiger partial charge in [-0.05, 0) is 37.6 Å². The largest absolute Gasteiger partial charge is 0.494 e. The molecule has 2 aromatic rings. The highest BCUT2D eigenvalue weighted by atomic mass is 16.5. The van der Waals surface area contributed by atoms with Crippen LogP contribution in [0.25, 0.3) is 0 Å². The van der Waals surface area contributed by atoms with Gasteiger partial charge in [0, 0.05) is 18.2 Å². The van der Waals surface area contributed by atoms with E-state index in [0.717, 1.165) is 18.6 Å². The zero-order valence-corrected chi connectivity index (χ0v) is 15.7. The van der Waals surface area contributed by atoms with Gasteiger partial charge < -0.3 is 19.5 Å². The van der Waals surface area contributed by atoms with E-state index in [4.69, 9.17) is 9.26 Å². The first-order valence-electron chi connectivity index (χ1n) is 8.89. The zero-order valence-electron chi connectivity index (χ0n) is 15.7. The number of carbonyl (C=O) groups is 2. The minimum Gasteiger partial charge on any atom is -0.494 e. The van der Waals surface area contributed by atoms with Crippen LogP contribution < -0.4 is 10.1 Å². The summed E-state index contributed by atoms with van der Waals surface area (Å²) in [5.41, 5.74) is 0.477. The van der Waals surface area contributed by atoms with Crippen molar-refractivity contribution in [2.24, 2.45) is 0 Å². The van der Waals surface area contributed by atoms with Crippen molar-refractivity contribution in [3.63, 3.8) is 0 Å². The molecule has 7 nitrogen and oxygen atoms in total. The number of carbonyl (C=O) groups excluding carboxylic acids is 2. The number of rotatable bonds is 10. The molecule has 27 heavy (non-hydrogen) atoms. The zero-order chi connectivity index (χ0) is 19.6. The van der Waals surface area contributed by atoms with Crippen LogP contribution in [-0.2, 0) is 4.79 Å². The van der Waals surface area contributed by atoms with E-state index in [1.165, 1.54) is 4.90 Å². The summed E-state index contributed by atoms with van der Waals surface area (Å²) in [6.07, 6.45) is 3.62. The minimum absolute atomic E-state index is 0.120. The number of benzene rings is 1. The Bertz CT molecular complexity index is 768. The van der Waals surface area contributed by atoms with E-state index in [9.17, 15) is 9.59 Å². The molecule has 0 aliphatic carbocycles. The second kappa shape index (κ2) is 10.2. The van der Waals surface area contributed by atoms with Crippen molar-refractivity contribution in [2.75, 3.05) is 25.0 Å². The molecule has 1 N–H and O–H groups in total. The summed E-state index contributed by atoms with van der Waals surface area (Å²) in [5, 5.41) is 6.31. The predicted octanol–water partition coefficient (Wildman–Crippen LogP) is 3.43. The number of hydrogen-bond acceptors (Lipinski definition) is 5. The fraction of sp³-hybridized carbons (Fsp3) is 0.350. The highest BCUT2D eigenvalue weighted by Crippen LogP contribution is 2.15. The van der Waals surface area contributed by atoms with Gasteiger partial charge in [-0.2, -0.15) is 0 Å². The number of nitrogens with zero attached hydrogens (tertiary/aromatic N) is 2. The number of unbranched alkanes of at least 4 members (excludes halogenated alkanes) is 1. The first-order valence-corrected chi connectivity index (χ1v) is 8.89. The molecule has 0 atom stereocenters. The Morgan fingerprint density at radius 3 is 2.67 bits per heavy atom. The van der Waals surface area contributed by atoms with Crippen LogP contribution in [0.15, 0.2) is 47.5 Å². The first-order chi connectivity index (χ1) is 13.0. The van der Waals surface area contributed by atoms with Gasteiger partial charge in [0.25, 0.3) is 5.91 Å². The van der Waals surface area contributed by atoms with Gasteiger partial charge >= 0.3 is 0 Å².